The van der Waals surface area contributed by atoms with Gasteiger partial charge in [0.05, 0.1) is 12.3 Å². The highest BCUT2D eigenvalue weighted by molar-refractivity contribution is 6.30. The minimum atomic E-state index is -0.474. The standard InChI is InChI=1S/C19H16ClNO4/c1-2-24-18(22)12-21-15-5-3-4-6-16(15)25-17(19(21)23)11-13-7-9-14(20)10-8-13/h3-11H,2,12H2,1H3. The highest BCUT2D eigenvalue weighted by atomic mass is 35.5. The average molecular weight is 358 g/mol. The number of fused-ring (bicyclic) bond motifs is 1. The Hall–Kier alpha value is -2.79. The highest BCUT2D eigenvalue weighted by Gasteiger charge is 2.31. The quantitative estimate of drug-likeness (QED) is 0.619. The van der Waals surface area contributed by atoms with Crippen LogP contribution in [0.1, 0.15) is 12.5 Å². The Morgan fingerprint density at radius 3 is 2.64 bits per heavy atom. The van der Waals surface area contributed by atoms with Gasteiger partial charge in [-0.2, -0.15) is 0 Å². The van der Waals surface area contributed by atoms with E-state index in [2.05, 4.69) is 0 Å². The van der Waals surface area contributed by atoms with E-state index in [1.54, 1.807) is 61.5 Å². The van der Waals surface area contributed by atoms with Crippen LogP contribution < -0.4 is 9.64 Å². The van der Waals surface area contributed by atoms with Gasteiger partial charge in [-0.1, -0.05) is 35.9 Å². The molecule has 0 aromatic heterocycles. The number of benzene rings is 2. The normalized spacial score (nSPS) is 14.9. The Morgan fingerprint density at radius 2 is 1.92 bits per heavy atom. The van der Waals surface area contributed by atoms with Crippen LogP contribution >= 0.6 is 11.6 Å². The Balaban J connectivity index is 1.96. The van der Waals surface area contributed by atoms with E-state index in [0.717, 1.165) is 5.56 Å². The van der Waals surface area contributed by atoms with Gasteiger partial charge in [-0.25, -0.2) is 0 Å². The smallest absolute Gasteiger partial charge is 0.326 e. The molecule has 1 heterocycles. The van der Waals surface area contributed by atoms with Crippen molar-refractivity contribution in [3.05, 3.63) is 64.9 Å². The third-order valence-corrected chi connectivity index (χ3v) is 3.84. The first-order chi connectivity index (χ1) is 12.1. The van der Waals surface area contributed by atoms with Crippen molar-refractivity contribution in [3.8, 4) is 5.75 Å². The van der Waals surface area contributed by atoms with Crippen molar-refractivity contribution < 1.29 is 19.1 Å². The molecule has 1 amide bonds. The molecular formula is C19H16ClNO4. The van der Waals surface area contributed by atoms with Crippen molar-refractivity contribution in [3.63, 3.8) is 0 Å². The molecule has 0 saturated heterocycles. The summed E-state index contributed by atoms with van der Waals surface area (Å²) >= 11 is 5.88. The molecule has 0 spiro atoms. The zero-order valence-electron chi connectivity index (χ0n) is 13.6. The first kappa shape index (κ1) is 17.0. The summed E-state index contributed by atoms with van der Waals surface area (Å²) in [5.41, 5.74) is 1.30. The van der Waals surface area contributed by atoms with Crippen LogP contribution in [0.4, 0.5) is 5.69 Å². The molecule has 0 fully saturated rings. The predicted octanol–water partition coefficient (Wildman–Crippen LogP) is 3.67. The van der Waals surface area contributed by atoms with Gasteiger partial charge >= 0.3 is 5.97 Å². The fourth-order valence-electron chi connectivity index (χ4n) is 2.47. The monoisotopic (exact) mass is 357 g/mol. The van der Waals surface area contributed by atoms with Gasteiger partial charge in [-0.3, -0.25) is 14.5 Å². The fourth-order valence-corrected chi connectivity index (χ4v) is 2.59. The number of hydrogen-bond acceptors (Lipinski definition) is 4. The number of hydrogen-bond donors (Lipinski definition) is 0. The third kappa shape index (κ3) is 3.83. The molecule has 2 aromatic rings. The van der Waals surface area contributed by atoms with Crippen LogP contribution in [0.15, 0.2) is 54.3 Å². The SMILES string of the molecule is CCOC(=O)CN1C(=O)C(=Cc2ccc(Cl)cc2)Oc2ccccc21. The lowest BCUT2D eigenvalue weighted by atomic mass is 10.1. The van der Waals surface area contributed by atoms with Gasteiger partial charge in [0.15, 0.2) is 11.5 Å². The molecule has 0 unspecified atom stereocenters. The van der Waals surface area contributed by atoms with Gasteiger partial charge < -0.3 is 9.47 Å². The van der Waals surface area contributed by atoms with Crippen molar-refractivity contribution in [2.75, 3.05) is 18.1 Å². The average Bonchev–Trinajstić information content (AvgIpc) is 2.60. The zero-order valence-corrected chi connectivity index (χ0v) is 14.3. The maximum atomic E-state index is 12.8. The van der Waals surface area contributed by atoms with Gasteiger partial charge in [-0.15, -0.1) is 0 Å². The van der Waals surface area contributed by atoms with E-state index >= 15 is 0 Å². The number of para-hydroxylation sites is 2. The fraction of sp³-hybridized carbons (Fsp3) is 0.158. The summed E-state index contributed by atoms with van der Waals surface area (Å²) in [5, 5.41) is 0.604. The topological polar surface area (TPSA) is 55.8 Å². The summed E-state index contributed by atoms with van der Waals surface area (Å²) in [4.78, 5) is 26.0. The Morgan fingerprint density at radius 1 is 1.20 bits per heavy atom. The molecule has 0 bridgehead atoms. The molecule has 3 rings (SSSR count). The first-order valence-corrected chi connectivity index (χ1v) is 8.18. The first-order valence-electron chi connectivity index (χ1n) is 7.80. The number of carbonyl (C=O) groups excluding carboxylic acids is 2. The molecule has 6 heteroatoms. The number of anilines is 1. The third-order valence-electron chi connectivity index (χ3n) is 3.59. The minimum absolute atomic E-state index is 0.130. The lowest BCUT2D eigenvalue weighted by molar-refractivity contribution is -0.142. The van der Waals surface area contributed by atoms with E-state index < -0.39 is 11.9 Å². The second kappa shape index (κ2) is 7.40. The van der Waals surface area contributed by atoms with Crippen molar-refractivity contribution in [1.29, 1.82) is 0 Å². The molecule has 0 radical (unpaired) electrons. The van der Waals surface area contributed by atoms with E-state index in [1.165, 1.54) is 4.90 Å². The largest absolute Gasteiger partial charge is 0.465 e. The van der Waals surface area contributed by atoms with Gasteiger partial charge in [0, 0.05) is 5.02 Å². The molecule has 0 aliphatic carbocycles. The van der Waals surface area contributed by atoms with Crippen molar-refractivity contribution in [2.45, 2.75) is 6.92 Å². The molecule has 1 aliphatic heterocycles. The molecule has 25 heavy (non-hydrogen) atoms. The van der Waals surface area contributed by atoms with Crippen LogP contribution in [0.25, 0.3) is 6.08 Å². The number of rotatable bonds is 4. The van der Waals surface area contributed by atoms with Gasteiger partial charge in [-0.05, 0) is 42.8 Å². The van der Waals surface area contributed by atoms with E-state index in [-0.39, 0.29) is 18.9 Å². The van der Waals surface area contributed by atoms with Crippen molar-refractivity contribution in [1.82, 2.24) is 0 Å². The summed E-state index contributed by atoms with van der Waals surface area (Å²) in [7, 11) is 0. The van der Waals surface area contributed by atoms with Crippen molar-refractivity contribution >= 4 is 35.2 Å². The molecule has 128 valence electrons. The Bertz CT molecular complexity index is 830. The molecule has 0 saturated carbocycles. The maximum Gasteiger partial charge on any atom is 0.326 e. The lowest BCUT2D eigenvalue weighted by Gasteiger charge is -2.29. The van der Waals surface area contributed by atoms with Crippen LogP contribution in [-0.2, 0) is 14.3 Å². The Kier molecular flexibility index (Phi) is 5.05. The molecule has 5 nitrogen and oxygen atoms in total. The Labute approximate surface area is 150 Å². The van der Waals surface area contributed by atoms with E-state index in [9.17, 15) is 9.59 Å². The minimum Gasteiger partial charge on any atom is -0.465 e. The van der Waals surface area contributed by atoms with Crippen LogP contribution in [0, 0.1) is 0 Å². The van der Waals surface area contributed by atoms with Crippen molar-refractivity contribution in [2.24, 2.45) is 0 Å². The lowest BCUT2D eigenvalue weighted by Crippen LogP contribution is -2.41. The highest BCUT2D eigenvalue weighted by Crippen LogP contribution is 2.35. The summed E-state index contributed by atoms with van der Waals surface area (Å²) < 4.78 is 10.7. The number of carbonyl (C=O) groups is 2. The zero-order chi connectivity index (χ0) is 17.8. The number of nitrogens with zero attached hydrogens (tertiary/aromatic N) is 1. The number of esters is 1. The molecule has 0 atom stereocenters. The molecule has 0 N–H and O–H groups in total. The molecule has 1 aliphatic rings. The van der Waals surface area contributed by atoms with Crippen LogP contribution in [0.2, 0.25) is 5.02 Å². The van der Waals surface area contributed by atoms with E-state index in [4.69, 9.17) is 21.1 Å². The van der Waals surface area contributed by atoms with E-state index in [0.29, 0.717) is 16.5 Å². The number of ether oxygens (including phenoxy) is 2. The van der Waals surface area contributed by atoms with Gasteiger partial charge in [0.25, 0.3) is 5.91 Å². The van der Waals surface area contributed by atoms with Gasteiger partial charge in [0.2, 0.25) is 0 Å². The summed E-state index contributed by atoms with van der Waals surface area (Å²) in [6.45, 7) is 1.80. The van der Waals surface area contributed by atoms with Crippen LogP contribution in [0.3, 0.4) is 0 Å². The molecular weight excluding hydrogens is 342 g/mol. The summed E-state index contributed by atoms with van der Waals surface area (Å²) in [6.07, 6.45) is 1.62. The number of amides is 1. The van der Waals surface area contributed by atoms with Crippen LogP contribution in [0.5, 0.6) is 5.75 Å². The van der Waals surface area contributed by atoms with Gasteiger partial charge in [0.1, 0.15) is 6.54 Å². The maximum absolute atomic E-state index is 12.8. The second-order valence-corrected chi connectivity index (χ2v) is 5.76. The number of halogens is 1. The summed E-state index contributed by atoms with van der Waals surface area (Å²) in [6, 6.07) is 14.1. The van der Waals surface area contributed by atoms with Crippen LogP contribution in [-0.4, -0.2) is 25.0 Å². The predicted molar refractivity (Wildman–Crippen MR) is 95.5 cm³/mol. The van der Waals surface area contributed by atoms with E-state index in [1.807, 2.05) is 0 Å². The summed E-state index contributed by atoms with van der Waals surface area (Å²) in [5.74, 6) is -0.239. The second-order valence-electron chi connectivity index (χ2n) is 5.33. The molecule has 2 aromatic carbocycles.